The quantitative estimate of drug-likeness (QED) is 0.358. The molecule has 0 aliphatic heterocycles. The van der Waals surface area contributed by atoms with Crippen molar-refractivity contribution < 1.29 is 4.79 Å². The smallest absolute Gasteiger partial charge is 0.154 e. The van der Waals surface area contributed by atoms with E-state index in [1.807, 2.05) is 19.0 Å². The second-order valence-corrected chi connectivity index (χ2v) is 5.82. The summed E-state index contributed by atoms with van der Waals surface area (Å²) in [4.78, 5) is 14.0. The van der Waals surface area contributed by atoms with Crippen molar-refractivity contribution in [3.05, 3.63) is 18.4 Å². The first kappa shape index (κ1) is 19.1. The van der Waals surface area contributed by atoms with Gasteiger partial charge in [0.15, 0.2) is 5.78 Å². The van der Waals surface area contributed by atoms with E-state index in [-0.39, 0.29) is 11.8 Å². The van der Waals surface area contributed by atoms with Crippen LogP contribution in [0.3, 0.4) is 0 Å². The molecular weight excluding hydrogens is 246 g/mol. The minimum absolute atomic E-state index is 0.151. The molecule has 0 radical (unpaired) electrons. The number of nitrogens with zero attached hydrogens (tertiary/aromatic N) is 1. The average molecular weight is 279 g/mol. The predicted molar refractivity (Wildman–Crippen MR) is 88.0 cm³/mol. The zero-order valence-corrected chi connectivity index (χ0v) is 13.8. The fourth-order valence-electron chi connectivity index (χ4n) is 2.40. The van der Waals surface area contributed by atoms with Crippen LogP contribution in [0.4, 0.5) is 0 Å². The number of Topliss-reactive ketones (excluding diaryl/α,β-unsaturated/α-hetero) is 1. The zero-order chi connectivity index (χ0) is 15.2. The number of rotatable bonds is 13. The van der Waals surface area contributed by atoms with E-state index in [0.29, 0.717) is 6.42 Å². The van der Waals surface area contributed by atoms with Crippen molar-refractivity contribution in [3.63, 3.8) is 0 Å². The van der Waals surface area contributed by atoms with E-state index in [9.17, 15) is 4.79 Å². The third-order valence-corrected chi connectivity index (χ3v) is 3.69. The highest BCUT2D eigenvalue weighted by molar-refractivity contribution is 5.85. The van der Waals surface area contributed by atoms with Gasteiger partial charge >= 0.3 is 0 Å². The van der Waals surface area contributed by atoms with Crippen molar-refractivity contribution in [2.45, 2.75) is 77.2 Å². The van der Waals surface area contributed by atoms with Gasteiger partial charge in [-0.3, -0.25) is 9.69 Å². The molecule has 116 valence electrons. The summed E-state index contributed by atoms with van der Waals surface area (Å²) in [5.41, 5.74) is 2.73. The van der Waals surface area contributed by atoms with Gasteiger partial charge in [-0.1, -0.05) is 64.9 Å². The molecule has 0 aliphatic carbocycles. The highest BCUT2D eigenvalue weighted by atomic mass is 16.1. The highest BCUT2D eigenvalue weighted by Gasteiger charge is 2.16. The summed E-state index contributed by atoms with van der Waals surface area (Å²) < 4.78 is 0. The first-order valence-corrected chi connectivity index (χ1v) is 8.18. The van der Waals surface area contributed by atoms with Crippen LogP contribution in [0.5, 0.6) is 0 Å². The molecule has 0 saturated carbocycles. The van der Waals surface area contributed by atoms with Crippen LogP contribution in [0.2, 0.25) is 0 Å². The molecule has 0 aliphatic rings. The molecule has 0 rings (SSSR count). The number of carbonyl (C=O) groups excluding carboxylic acids is 1. The maximum atomic E-state index is 12.0. The van der Waals surface area contributed by atoms with Crippen LogP contribution in [0.25, 0.3) is 0 Å². The van der Waals surface area contributed by atoms with Crippen LogP contribution in [0.1, 0.15) is 71.1 Å². The van der Waals surface area contributed by atoms with Gasteiger partial charge in [0.2, 0.25) is 0 Å². The third-order valence-electron chi connectivity index (χ3n) is 3.69. The minimum Gasteiger partial charge on any atom is -0.298 e. The normalized spacial score (nSPS) is 12.2. The molecule has 2 nitrogen and oxygen atoms in total. The summed E-state index contributed by atoms with van der Waals surface area (Å²) in [6.07, 6.45) is 14.0. The molecule has 2 heteroatoms. The van der Waals surface area contributed by atoms with Gasteiger partial charge in [0.1, 0.15) is 0 Å². The van der Waals surface area contributed by atoms with Crippen molar-refractivity contribution >= 4 is 5.78 Å². The monoisotopic (exact) mass is 279 g/mol. The second-order valence-electron chi connectivity index (χ2n) is 5.82. The minimum atomic E-state index is -0.151. The Kier molecular flexibility index (Phi) is 12.6. The Balaban J connectivity index is 3.58. The molecule has 1 atom stereocenters. The van der Waals surface area contributed by atoms with E-state index in [2.05, 4.69) is 19.2 Å². The van der Waals surface area contributed by atoms with Crippen LogP contribution >= 0.6 is 0 Å². The molecule has 20 heavy (non-hydrogen) atoms. The summed E-state index contributed by atoms with van der Waals surface area (Å²) in [5, 5.41) is 0. The Bertz CT molecular complexity index is 290. The number of hydrogen-bond donors (Lipinski definition) is 0. The number of ketones is 1. The summed E-state index contributed by atoms with van der Waals surface area (Å²) in [6, 6.07) is -0.151. The first-order valence-electron chi connectivity index (χ1n) is 8.18. The summed E-state index contributed by atoms with van der Waals surface area (Å²) in [5.74, 6) is 0.286. The second kappa shape index (κ2) is 13.1. The fourth-order valence-corrected chi connectivity index (χ4v) is 2.40. The molecule has 0 N–H and O–H groups in total. The Labute approximate surface area is 125 Å². The van der Waals surface area contributed by atoms with Crippen molar-refractivity contribution in [1.29, 1.82) is 0 Å². The van der Waals surface area contributed by atoms with Gasteiger partial charge in [-0.2, -0.15) is 0 Å². The average Bonchev–Trinajstić information content (AvgIpc) is 2.42. The van der Waals surface area contributed by atoms with Gasteiger partial charge in [-0.25, -0.2) is 0 Å². The molecule has 1 unspecified atom stereocenters. The summed E-state index contributed by atoms with van der Waals surface area (Å²) in [7, 11) is 3.85. The lowest BCUT2D eigenvalue weighted by atomic mass is 10.0. The maximum absolute atomic E-state index is 12.0. The van der Waals surface area contributed by atoms with Crippen LogP contribution in [0.15, 0.2) is 18.4 Å². The Morgan fingerprint density at radius 3 is 2.00 bits per heavy atom. The zero-order valence-electron chi connectivity index (χ0n) is 13.8. The predicted octanol–water partition coefficient (Wildman–Crippen LogP) is 4.75. The number of carbonyl (C=O) groups is 1. The SMILES string of the molecule is C=C=CC(C(=O)CCCCCCCCCCC)N(C)C. The van der Waals surface area contributed by atoms with Gasteiger partial charge in [0.25, 0.3) is 0 Å². The molecule has 0 aromatic heterocycles. The standard InChI is InChI=1S/C18H33NO/c1-5-7-8-9-10-11-12-13-14-16-18(20)17(15-6-2)19(3)4/h15,17H,2,5,7-14,16H2,1,3-4H3. The topological polar surface area (TPSA) is 20.3 Å². The molecule has 0 amide bonds. The lowest BCUT2D eigenvalue weighted by Gasteiger charge is -2.18. The van der Waals surface area contributed by atoms with Crippen LogP contribution in [0, 0.1) is 0 Å². The summed E-state index contributed by atoms with van der Waals surface area (Å²) >= 11 is 0. The van der Waals surface area contributed by atoms with E-state index in [1.165, 1.54) is 51.4 Å². The molecule has 0 aromatic carbocycles. The molecule has 0 saturated heterocycles. The third kappa shape index (κ3) is 10.00. The van der Waals surface area contributed by atoms with Crippen LogP contribution < -0.4 is 0 Å². The molecular formula is C18H33NO. The van der Waals surface area contributed by atoms with Crippen molar-refractivity contribution in [3.8, 4) is 0 Å². The largest absolute Gasteiger partial charge is 0.298 e. The number of hydrogen-bond acceptors (Lipinski definition) is 2. The van der Waals surface area contributed by atoms with E-state index in [4.69, 9.17) is 0 Å². The van der Waals surface area contributed by atoms with Crippen molar-refractivity contribution in [2.75, 3.05) is 14.1 Å². The lowest BCUT2D eigenvalue weighted by Crippen LogP contribution is -2.33. The summed E-state index contributed by atoms with van der Waals surface area (Å²) in [6.45, 7) is 5.81. The van der Waals surface area contributed by atoms with E-state index in [1.54, 1.807) is 6.08 Å². The van der Waals surface area contributed by atoms with E-state index < -0.39 is 0 Å². The van der Waals surface area contributed by atoms with Gasteiger partial charge in [-0.15, -0.1) is 5.73 Å². The molecule has 0 aromatic rings. The van der Waals surface area contributed by atoms with Gasteiger partial charge in [0, 0.05) is 6.42 Å². The number of unbranched alkanes of at least 4 members (excludes halogenated alkanes) is 8. The van der Waals surface area contributed by atoms with Crippen molar-refractivity contribution in [2.24, 2.45) is 0 Å². The maximum Gasteiger partial charge on any atom is 0.154 e. The van der Waals surface area contributed by atoms with Crippen LogP contribution in [-0.4, -0.2) is 30.8 Å². The van der Waals surface area contributed by atoms with Gasteiger partial charge in [0.05, 0.1) is 6.04 Å². The molecule has 0 fully saturated rings. The highest BCUT2D eigenvalue weighted by Crippen LogP contribution is 2.12. The molecule has 0 heterocycles. The molecule has 0 spiro atoms. The Morgan fingerprint density at radius 2 is 1.55 bits per heavy atom. The van der Waals surface area contributed by atoms with E-state index >= 15 is 0 Å². The lowest BCUT2D eigenvalue weighted by molar-refractivity contribution is -0.122. The van der Waals surface area contributed by atoms with Crippen molar-refractivity contribution in [1.82, 2.24) is 4.90 Å². The van der Waals surface area contributed by atoms with E-state index in [0.717, 1.165) is 6.42 Å². The first-order chi connectivity index (χ1) is 9.63. The van der Waals surface area contributed by atoms with Gasteiger partial charge in [-0.05, 0) is 26.6 Å². The van der Waals surface area contributed by atoms with Gasteiger partial charge < -0.3 is 0 Å². The molecule has 0 bridgehead atoms. The number of likely N-dealkylation sites (N-methyl/N-ethyl adjacent to an activating group) is 1. The van der Waals surface area contributed by atoms with Crippen LogP contribution in [-0.2, 0) is 4.79 Å². The fraction of sp³-hybridized carbons (Fsp3) is 0.778. The Hall–Kier alpha value is -0.850. The Morgan fingerprint density at radius 1 is 1.05 bits per heavy atom.